The number of benzene rings is 3. The van der Waals surface area contributed by atoms with Gasteiger partial charge in [0, 0.05) is 23.5 Å². The summed E-state index contributed by atoms with van der Waals surface area (Å²) < 4.78 is 12.5. The first-order valence-corrected chi connectivity index (χ1v) is 14.8. The second-order valence-electron chi connectivity index (χ2n) is 10.6. The molecule has 3 aromatic rings. The highest BCUT2D eigenvalue weighted by atomic mass is 79.9. The molecular weight excluding hydrogens is 568 g/mol. The van der Waals surface area contributed by atoms with E-state index in [4.69, 9.17) is 9.47 Å². The van der Waals surface area contributed by atoms with E-state index in [0.717, 1.165) is 52.4 Å². The van der Waals surface area contributed by atoms with Crippen molar-refractivity contribution < 1.29 is 19.1 Å². The quantitative estimate of drug-likeness (QED) is 0.269. The van der Waals surface area contributed by atoms with E-state index in [9.17, 15) is 9.59 Å². The van der Waals surface area contributed by atoms with Gasteiger partial charge in [0.05, 0.1) is 7.11 Å². The summed E-state index contributed by atoms with van der Waals surface area (Å²) in [7, 11) is 1.62. The average Bonchev–Trinajstić information content (AvgIpc) is 2.97. The number of carbonyl (C=O) groups excluding carboxylic acids is 2. The van der Waals surface area contributed by atoms with E-state index in [-0.39, 0.29) is 31.0 Å². The van der Waals surface area contributed by atoms with Crippen LogP contribution in [0.1, 0.15) is 54.4 Å². The van der Waals surface area contributed by atoms with Crippen molar-refractivity contribution in [3.8, 4) is 11.5 Å². The largest absolute Gasteiger partial charge is 0.497 e. The molecular formula is C33H39BrN2O4. The van der Waals surface area contributed by atoms with Gasteiger partial charge in [-0.2, -0.15) is 0 Å². The van der Waals surface area contributed by atoms with Gasteiger partial charge in [-0.1, -0.05) is 77.7 Å². The Kier molecular flexibility index (Phi) is 10.6. The number of carbonyl (C=O) groups is 2. The van der Waals surface area contributed by atoms with Crippen LogP contribution in [-0.2, 0) is 22.6 Å². The SMILES string of the molecule is COc1cccc(CN(C(=O)COc2cc(C)c(Br)c(C)c2)C(Cc2ccccc2)C(=O)NC2CCCCC2)c1. The second-order valence-corrected chi connectivity index (χ2v) is 11.4. The van der Waals surface area contributed by atoms with Gasteiger partial charge in [0.15, 0.2) is 6.61 Å². The molecule has 1 saturated carbocycles. The van der Waals surface area contributed by atoms with Crippen LogP contribution in [0.2, 0.25) is 0 Å². The van der Waals surface area contributed by atoms with Crippen LogP contribution in [0, 0.1) is 13.8 Å². The van der Waals surface area contributed by atoms with Crippen LogP contribution in [0.15, 0.2) is 71.2 Å². The number of aryl methyl sites for hydroxylation is 2. The van der Waals surface area contributed by atoms with Crippen molar-refractivity contribution in [2.24, 2.45) is 0 Å². The maximum Gasteiger partial charge on any atom is 0.261 e. The number of ether oxygens (including phenoxy) is 2. The van der Waals surface area contributed by atoms with E-state index in [1.165, 1.54) is 6.42 Å². The third-order valence-electron chi connectivity index (χ3n) is 7.48. The fourth-order valence-corrected chi connectivity index (χ4v) is 5.51. The molecule has 0 bridgehead atoms. The molecule has 0 aliphatic heterocycles. The molecule has 1 aliphatic rings. The number of nitrogens with one attached hydrogen (secondary N) is 1. The predicted octanol–water partition coefficient (Wildman–Crippen LogP) is 6.54. The number of amides is 2. The van der Waals surface area contributed by atoms with Crippen molar-refractivity contribution >= 4 is 27.7 Å². The monoisotopic (exact) mass is 606 g/mol. The van der Waals surface area contributed by atoms with Crippen molar-refractivity contribution in [2.75, 3.05) is 13.7 Å². The summed E-state index contributed by atoms with van der Waals surface area (Å²) in [6.07, 6.45) is 5.78. The third kappa shape index (κ3) is 8.10. The molecule has 1 N–H and O–H groups in total. The number of halogens is 1. The molecule has 0 saturated heterocycles. The van der Waals surface area contributed by atoms with E-state index >= 15 is 0 Å². The molecule has 7 heteroatoms. The topological polar surface area (TPSA) is 67.9 Å². The summed E-state index contributed by atoms with van der Waals surface area (Å²) >= 11 is 3.59. The highest BCUT2D eigenvalue weighted by Crippen LogP contribution is 2.27. The Labute approximate surface area is 246 Å². The molecule has 0 aromatic heterocycles. The first-order chi connectivity index (χ1) is 19.3. The second kappa shape index (κ2) is 14.4. The molecule has 6 nitrogen and oxygen atoms in total. The van der Waals surface area contributed by atoms with E-state index < -0.39 is 6.04 Å². The summed E-state index contributed by atoms with van der Waals surface area (Å²) in [5.41, 5.74) is 3.94. The van der Waals surface area contributed by atoms with Gasteiger partial charge in [-0.25, -0.2) is 0 Å². The Morgan fingerprint density at radius 2 is 1.60 bits per heavy atom. The smallest absolute Gasteiger partial charge is 0.261 e. The number of rotatable bonds is 11. The number of methoxy groups -OCH3 is 1. The van der Waals surface area contributed by atoms with Gasteiger partial charge in [-0.05, 0) is 73.2 Å². The summed E-state index contributed by atoms with van der Waals surface area (Å²) in [5, 5.41) is 3.27. The molecule has 1 atom stereocenters. The van der Waals surface area contributed by atoms with Gasteiger partial charge < -0.3 is 19.7 Å². The lowest BCUT2D eigenvalue weighted by Crippen LogP contribution is -2.53. The molecule has 0 spiro atoms. The van der Waals surface area contributed by atoms with Crippen LogP contribution in [0.4, 0.5) is 0 Å². The fraction of sp³-hybridized carbons (Fsp3) is 0.394. The zero-order chi connectivity index (χ0) is 28.5. The molecule has 1 unspecified atom stereocenters. The first kappa shape index (κ1) is 29.7. The molecule has 40 heavy (non-hydrogen) atoms. The highest BCUT2D eigenvalue weighted by Gasteiger charge is 2.32. The average molecular weight is 608 g/mol. The number of nitrogens with zero attached hydrogens (tertiary/aromatic N) is 1. The molecule has 1 aliphatic carbocycles. The van der Waals surface area contributed by atoms with Crippen LogP contribution >= 0.6 is 15.9 Å². The fourth-order valence-electron chi connectivity index (χ4n) is 5.28. The van der Waals surface area contributed by atoms with Gasteiger partial charge in [0.1, 0.15) is 17.5 Å². The van der Waals surface area contributed by atoms with Crippen LogP contribution < -0.4 is 14.8 Å². The maximum atomic E-state index is 13.9. The lowest BCUT2D eigenvalue weighted by molar-refractivity contribution is -0.143. The van der Waals surface area contributed by atoms with Crippen LogP contribution in [0.25, 0.3) is 0 Å². The van der Waals surface area contributed by atoms with Gasteiger partial charge >= 0.3 is 0 Å². The third-order valence-corrected chi connectivity index (χ3v) is 8.73. The van der Waals surface area contributed by atoms with Crippen molar-refractivity contribution in [3.05, 3.63) is 93.5 Å². The molecule has 2 amide bonds. The normalized spacial score (nSPS) is 14.3. The lowest BCUT2D eigenvalue weighted by atomic mass is 9.94. The Morgan fingerprint density at radius 3 is 2.27 bits per heavy atom. The predicted molar refractivity (Wildman–Crippen MR) is 162 cm³/mol. The maximum absolute atomic E-state index is 13.9. The number of hydrogen-bond acceptors (Lipinski definition) is 4. The first-order valence-electron chi connectivity index (χ1n) is 14.0. The Morgan fingerprint density at radius 1 is 0.925 bits per heavy atom. The summed E-state index contributed by atoms with van der Waals surface area (Å²) in [5.74, 6) is 0.954. The minimum Gasteiger partial charge on any atom is -0.497 e. The van der Waals surface area contributed by atoms with E-state index in [2.05, 4.69) is 21.2 Å². The van der Waals surface area contributed by atoms with Crippen LogP contribution in [0.3, 0.4) is 0 Å². The van der Waals surface area contributed by atoms with Gasteiger partial charge in [-0.3, -0.25) is 9.59 Å². The molecule has 0 heterocycles. The van der Waals surface area contributed by atoms with Crippen molar-refractivity contribution in [1.82, 2.24) is 10.2 Å². The Bertz CT molecular complexity index is 1270. The minimum atomic E-state index is -0.694. The Balaban J connectivity index is 1.63. The summed E-state index contributed by atoms with van der Waals surface area (Å²) in [6.45, 7) is 4.07. The van der Waals surface area contributed by atoms with Crippen molar-refractivity contribution in [2.45, 2.75) is 71.0 Å². The molecule has 3 aromatic carbocycles. The lowest BCUT2D eigenvalue weighted by Gasteiger charge is -2.33. The zero-order valence-corrected chi connectivity index (χ0v) is 25.2. The molecule has 4 rings (SSSR count). The van der Waals surface area contributed by atoms with E-state index in [0.29, 0.717) is 17.9 Å². The molecule has 212 valence electrons. The summed E-state index contributed by atoms with van der Waals surface area (Å²) in [4.78, 5) is 29.5. The van der Waals surface area contributed by atoms with Crippen LogP contribution in [-0.4, -0.2) is 42.5 Å². The van der Waals surface area contributed by atoms with Gasteiger partial charge in [-0.15, -0.1) is 0 Å². The minimum absolute atomic E-state index is 0.123. The van der Waals surface area contributed by atoms with Crippen LogP contribution in [0.5, 0.6) is 11.5 Å². The molecule has 1 fully saturated rings. The number of hydrogen-bond donors (Lipinski definition) is 1. The van der Waals surface area contributed by atoms with E-state index in [1.807, 2.05) is 80.6 Å². The highest BCUT2D eigenvalue weighted by molar-refractivity contribution is 9.10. The van der Waals surface area contributed by atoms with Gasteiger partial charge in [0.2, 0.25) is 5.91 Å². The molecule has 0 radical (unpaired) electrons. The zero-order valence-electron chi connectivity index (χ0n) is 23.6. The van der Waals surface area contributed by atoms with Crippen molar-refractivity contribution in [1.29, 1.82) is 0 Å². The van der Waals surface area contributed by atoms with Gasteiger partial charge in [0.25, 0.3) is 5.91 Å². The van der Waals surface area contributed by atoms with Crippen molar-refractivity contribution in [3.63, 3.8) is 0 Å². The van der Waals surface area contributed by atoms with E-state index in [1.54, 1.807) is 12.0 Å². The standard InChI is InChI=1S/C33H39BrN2O4/c1-23-17-29(18-24(2)32(23)34)40-22-31(37)36(21-26-13-10-16-28(19-26)39-3)30(20-25-11-6-4-7-12-25)33(38)35-27-14-8-5-9-15-27/h4,6-7,10-13,16-19,27,30H,5,8-9,14-15,20-22H2,1-3H3,(H,35,38). The Hall–Kier alpha value is -3.32. The summed E-state index contributed by atoms with van der Waals surface area (Å²) in [6, 6.07) is 20.8.